The Kier molecular flexibility index (Phi) is 5.47. The van der Waals surface area contributed by atoms with Gasteiger partial charge in [-0.05, 0) is 24.3 Å². The number of nitrogens with two attached hydrogens (primary N) is 1. The predicted molar refractivity (Wildman–Crippen MR) is 100 cm³/mol. The molecule has 0 radical (unpaired) electrons. The molecule has 0 atom stereocenters. The van der Waals surface area contributed by atoms with E-state index >= 15 is 0 Å². The van der Waals surface area contributed by atoms with Crippen molar-refractivity contribution in [3.63, 3.8) is 0 Å². The quantitative estimate of drug-likeness (QED) is 0.616. The van der Waals surface area contributed by atoms with Gasteiger partial charge in [0.25, 0.3) is 0 Å². The van der Waals surface area contributed by atoms with Crippen molar-refractivity contribution in [1.29, 1.82) is 0 Å². The van der Waals surface area contributed by atoms with Crippen LogP contribution in [0.4, 0.5) is 34.3 Å². The Morgan fingerprint density at radius 3 is 2.57 bits per heavy atom. The summed E-state index contributed by atoms with van der Waals surface area (Å²) >= 11 is 0.881. The molecule has 11 heteroatoms. The van der Waals surface area contributed by atoms with Crippen LogP contribution in [0.5, 0.6) is 0 Å². The fourth-order valence-electron chi connectivity index (χ4n) is 2.35. The number of halogens is 4. The minimum Gasteiger partial charge on any atom is -0.354 e. The van der Waals surface area contributed by atoms with Crippen LogP contribution in [0, 0.1) is 5.82 Å². The van der Waals surface area contributed by atoms with Crippen molar-refractivity contribution < 1.29 is 17.6 Å². The number of alkyl halides is 3. The van der Waals surface area contributed by atoms with Gasteiger partial charge in [0.05, 0.1) is 10.6 Å². The summed E-state index contributed by atoms with van der Waals surface area (Å²) in [7, 11) is 3.22. The fraction of sp³-hybridized carbons (Fsp3) is 0.235. The van der Waals surface area contributed by atoms with Gasteiger partial charge in [0.2, 0.25) is 5.95 Å². The van der Waals surface area contributed by atoms with Crippen molar-refractivity contribution in [3.8, 4) is 10.6 Å². The van der Waals surface area contributed by atoms with Gasteiger partial charge in [-0.3, -0.25) is 0 Å². The first-order valence-electron chi connectivity index (χ1n) is 8.03. The fourth-order valence-corrected chi connectivity index (χ4v) is 3.33. The highest BCUT2D eigenvalue weighted by Gasteiger charge is 2.38. The molecule has 1 aromatic carbocycles. The molecule has 0 aliphatic carbocycles. The molecule has 0 spiro atoms. The zero-order valence-corrected chi connectivity index (χ0v) is 15.7. The van der Waals surface area contributed by atoms with Crippen LogP contribution in [0.3, 0.4) is 0 Å². The van der Waals surface area contributed by atoms with Gasteiger partial charge >= 0.3 is 6.18 Å². The Morgan fingerprint density at radius 1 is 1.18 bits per heavy atom. The van der Waals surface area contributed by atoms with E-state index in [0.29, 0.717) is 11.3 Å². The average molecular weight is 412 g/mol. The van der Waals surface area contributed by atoms with Crippen LogP contribution in [-0.4, -0.2) is 29.0 Å². The zero-order chi connectivity index (χ0) is 20.5. The Bertz CT molecular complexity index is 986. The number of hydrogen-bond donors (Lipinski definition) is 2. The molecule has 28 heavy (non-hydrogen) atoms. The van der Waals surface area contributed by atoms with Crippen molar-refractivity contribution in [2.75, 3.05) is 24.3 Å². The number of nitrogens with zero attached hydrogens (tertiary/aromatic N) is 4. The maximum absolute atomic E-state index is 13.6. The first-order valence-corrected chi connectivity index (χ1v) is 8.85. The van der Waals surface area contributed by atoms with Crippen LogP contribution >= 0.6 is 11.3 Å². The molecule has 2 heterocycles. The summed E-state index contributed by atoms with van der Waals surface area (Å²) in [6.45, 7) is 0.00533. The standard InChI is InChI=1S/C17H16F4N6S/c1-27(2)16-26-14(17(19,20)21)13(28-16)12-5-6-23-15(25-12)24-10-3-4-11(18)9(7-10)8-22/h3-7H,8,22H2,1-2H3,(H,23,24,25). The van der Waals surface area contributed by atoms with Crippen LogP contribution in [0.25, 0.3) is 10.6 Å². The summed E-state index contributed by atoms with van der Waals surface area (Å²) in [5.41, 5.74) is 5.32. The van der Waals surface area contributed by atoms with E-state index in [-0.39, 0.29) is 28.2 Å². The lowest BCUT2D eigenvalue weighted by Crippen LogP contribution is -2.11. The molecular formula is C17H16F4N6S. The van der Waals surface area contributed by atoms with Gasteiger partial charge in [0.15, 0.2) is 10.8 Å². The van der Waals surface area contributed by atoms with Gasteiger partial charge in [-0.15, -0.1) is 0 Å². The van der Waals surface area contributed by atoms with Gasteiger partial charge in [0, 0.05) is 38.1 Å². The Balaban J connectivity index is 1.98. The number of aromatic nitrogens is 3. The van der Waals surface area contributed by atoms with Crippen molar-refractivity contribution in [1.82, 2.24) is 15.0 Å². The minimum atomic E-state index is -4.62. The second-order valence-corrected chi connectivity index (χ2v) is 6.94. The first-order chi connectivity index (χ1) is 13.2. The summed E-state index contributed by atoms with van der Waals surface area (Å²) in [5, 5.41) is 3.06. The summed E-state index contributed by atoms with van der Waals surface area (Å²) in [6, 6.07) is 5.57. The number of benzene rings is 1. The Morgan fingerprint density at radius 2 is 1.93 bits per heavy atom. The topological polar surface area (TPSA) is 80.0 Å². The van der Waals surface area contributed by atoms with Gasteiger partial charge in [0.1, 0.15) is 5.82 Å². The van der Waals surface area contributed by atoms with Crippen molar-refractivity contribution in [2.45, 2.75) is 12.7 Å². The molecule has 3 rings (SSSR count). The van der Waals surface area contributed by atoms with E-state index in [9.17, 15) is 17.6 Å². The smallest absolute Gasteiger partial charge is 0.354 e. The van der Waals surface area contributed by atoms with Crippen molar-refractivity contribution in [3.05, 3.63) is 47.5 Å². The largest absolute Gasteiger partial charge is 0.434 e. The first kappa shape index (κ1) is 20.0. The zero-order valence-electron chi connectivity index (χ0n) is 14.9. The summed E-state index contributed by atoms with van der Waals surface area (Å²) in [6.07, 6.45) is -3.28. The lowest BCUT2D eigenvalue weighted by Gasteiger charge is -2.09. The SMILES string of the molecule is CN(C)c1nc(C(F)(F)F)c(-c2ccnc(Nc3ccc(F)c(CN)c3)n2)s1. The maximum atomic E-state index is 13.6. The van der Waals surface area contributed by atoms with E-state index < -0.39 is 17.7 Å². The van der Waals surface area contributed by atoms with Crippen LogP contribution in [0.15, 0.2) is 30.5 Å². The van der Waals surface area contributed by atoms with Gasteiger partial charge < -0.3 is 16.0 Å². The molecule has 3 aromatic rings. The maximum Gasteiger partial charge on any atom is 0.434 e. The summed E-state index contributed by atoms with van der Waals surface area (Å²) in [5.74, 6) is -0.376. The molecule has 3 N–H and O–H groups in total. The van der Waals surface area contributed by atoms with Crippen LogP contribution in [0.2, 0.25) is 0 Å². The van der Waals surface area contributed by atoms with Crippen molar-refractivity contribution in [2.24, 2.45) is 5.73 Å². The second-order valence-electron chi connectivity index (χ2n) is 5.97. The van der Waals surface area contributed by atoms with E-state index in [1.54, 1.807) is 14.1 Å². The second kappa shape index (κ2) is 7.68. The van der Waals surface area contributed by atoms with E-state index in [0.717, 1.165) is 11.3 Å². The molecule has 0 fully saturated rings. The van der Waals surface area contributed by atoms with E-state index in [4.69, 9.17) is 5.73 Å². The lowest BCUT2D eigenvalue weighted by molar-refractivity contribution is -0.140. The van der Waals surface area contributed by atoms with Gasteiger partial charge in [-0.25, -0.2) is 19.3 Å². The highest BCUT2D eigenvalue weighted by molar-refractivity contribution is 7.19. The number of rotatable bonds is 5. The Labute approximate surface area is 162 Å². The average Bonchev–Trinajstić information content (AvgIpc) is 3.10. The Hall–Kier alpha value is -2.79. The molecular weight excluding hydrogens is 396 g/mol. The third-order valence-corrected chi connectivity index (χ3v) is 4.92. The molecule has 0 saturated heterocycles. The van der Waals surface area contributed by atoms with Crippen LogP contribution in [0.1, 0.15) is 11.3 Å². The molecule has 0 unspecified atom stereocenters. The summed E-state index contributed by atoms with van der Waals surface area (Å²) in [4.78, 5) is 13.3. The molecule has 2 aromatic heterocycles. The minimum absolute atomic E-state index is 0.00533. The summed E-state index contributed by atoms with van der Waals surface area (Å²) < 4.78 is 53.8. The molecule has 0 bridgehead atoms. The monoisotopic (exact) mass is 412 g/mol. The molecule has 0 aliphatic rings. The predicted octanol–water partition coefficient (Wildman–Crippen LogP) is 4.03. The van der Waals surface area contributed by atoms with Gasteiger partial charge in [-0.2, -0.15) is 13.2 Å². The molecule has 6 nitrogen and oxygen atoms in total. The molecule has 148 valence electrons. The highest BCUT2D eigenvalue weighted by Crippen LogP contribution is 2.42. The van der Waals surface area contributed by atoms with Crippen LogP contribution in [-0.2, 0) is 12.7 Å². The lowest BCUT2D eigenvalue weighted by atomic mass is 10.2. The van der Waals surface area contributed by atoms with Gasteiger partial charge in [-0.1, -0.05) is 11.3 Å². The normalized spacial score (nSPS) is 11.5. The highest BCUT2D eigenvalue weighted by atomic mass is 32.1. The molecule has 0 saturated carbocycles. The number of thiazole rings is 1. The third kappa shape index (κ3) is 4.20. The molecule has 0 amide bonds. The van der Waals surface area contributed by atoms with Crippen molar-refractivity contribution >= 4 is 28.1 Å². The molecule has 0 aliphatic heterocycles. The third-order valence-electron chi connectivity index (χ3n) is 3.68. The van der Waals surface area contributed by atoms with Crippen LogP contribution < -0.4 is 16.0 Å². The number of anilines is 3. The number of hydrogen-bond acceptors (Lipinski definition) is 7. The van der Waals surface area contributed by atoms with E-state index in [2.05, 4.69) is 20.3 Å². The van der Waals surface area contributed by atoms with E-state index in [1.165, 1.54) is 35.4 Å². The van der Waals surface area contributed by atoms with E-state index in [1.807, 2.05) is 0 Å². The number of nitrogens with one attached hydrogen (secondary N) is 1.